The van der Waals surface area contributed by atoms with E-state index >= 15 is 0 Å². The Labute approximate surface area is 217 Å². The van der Waals surface area contributed by atoms with E-state index in [1.165, 1.54) is 12.1 Å². The summed E-state index contributed by atoms with van der Waals surface area (Å²) in [6, 6.07) is 15.9. The van der Waals surface area contributed by atoms with Crippen molar-refractivity contribution in [2.45, 2.75) is 26.2 Å². The molecule has 6 aromatic rings. The molecule has 0 bridgehead atoms. The van der Waals surface area contributed by atoms with Gasteiger partial charge in [0, 0.05) is 35.3 Å². The van der Waals surface area contributed by atoms with Gasteiger partial charge < -0.3 is 10.3 Å². The fraction of sp³-hybridized carbons (Fsp3) is 0.138. The average Bonchev–Trinajstić information content (AvgIpc) is 3.56. The minimum Gasteiger partial charge on any atom is -0.336 e. The third-order valence-electron chi connectivity index (χ3n) is 6.42. The summed E-state index contributed by atoms with van der Waals surface area (Å²) < 4.78 is 13.5. The van der Waals surface area contributed by atoms with Crippen molar-refractivity contribution in [3.63, 3.8) is 0 Å². The van der Waals surface area contributed by atoms with Crippen LogP contribution >= 0.6 is 0 Å². The number of hydrogen-bond donors (Lipinski definition) is 3. The van der Waals surface area contributed by atoms with Gasteiger partial charge in [0.05, 0.1) is 28.6 Å². The number of rotatable bonds is 7. The number of halogens is 1. The van der Waals surface area contributed by atoms with Gasteiger partial charge in [-0.05, 0) is 60.5 Å². The number of H-pyrrole nitrogens is 2. The van der Waals surface area contributed by atoms with E-state index in [9.17, 15) is 9.18 Å². The molecule has 0 atom stereocenters. The third-order valence-corrected chi connectivity index (χ3v) is 6.42. The zero-order chi connectivity index (χ0) is 26.1. The van der Waals surface area contributed by atoms with E-state index in [4.69, 9.17) is 4.98 Å². The Bertz CT molecular complexity index is 1770. The minimum atomic E-state index is -0.304. The van der Waals surface area contributed by atoms with Crippen LogP contribution in [0.2, 0.25) is 0 Å². The number of unbranched alkanes of at least 4 members (excludes halogenated alkanes) is 1. The van der Waals surface area contributed by atoms with E-state index in [1.54, 1.807) is 30.7 Å². The molecule has 9 heteroatoms. The van der Waals surface area contributed by atoms with Crippen LogP contribution in [-0.4, -0.2) is 36.0 Å². The molecular formula is C29H24FN7O. The molecule has 0 saturated carbocycles. The Kier molecular flexibility index (Phi) is 6.09. The fourth-order valence-corrected chi connectivity index (χ4v) is 4.47. The van der Waals surface area contributed by atoms with Crippen molar-refractivity contribution in [1.29, 1.82) is 0 Å². The number of hydrogen-bond acceptors (Lipinski definition) is 5. The number of nitrogens with zero attached hydrogens (tertiary/aromatic N) is 4. The van der Waals surface area contributed by atoms with Crippen LogP contribution in [0.3, 0.4) is 0 Å². The minimum absolute atomic E-state index is 0.0160. The van der Waals surface area contributed by atoms with Crippen LogP contribution in [0.25, 0.3) is 55.8 Å². The van der Waals surface area contributed by atoms with Crippen LogP contribution in [0.1, 0.15) is 26.2 Å². The predicted octanol–water partition coefficient (Wildman–Crippen LogP) is 6.50. The highest BCUT2D eigenvalue weighted by atomic mass is 19.1. The number of anilines is 1. The lowest BCUT2D eigenvalue weighted by Gasteiger charge is -2.07. The predicted molar refractivity (Wildman–Crippen MR) is 146 cm³/mol. The molecule has 0 aliphatic heterocycles. The molecule has 2 aromatic carbocycles. The highest BCUT2D eigenvalue weighted by molar-refractivity contribution is 5.98. The second-order valence-electron chi connectivity index (χ2n) is 9.09. The van der Waals surface area contributed by atoms with Crippen molar-refractivity contribution < 1.29 is 9.18 Å². The Balaban J connectivity index is 1.37. The second kappa shape index (κ2) is 9.85. The van der Waals surface area contributed by atoms with Gasteiger partial charge in [-0.15, -0.1) is 0 Å². The Morgan fingerprint density at radius 1 is 0.947 bits per heavy atom. The zero-order valence-corrected chi connectivity index (χ0v) is 20.6. The van der Waals surface area contributed by atoms with Crippen LogP contribution in [0.5, 0.6) is 0 Å². The van der Waals surface area contributed by atoms with Gasteiger partial charge in [0.2, 0.25) is 5.91 Å². The van der Waals surface area contributed by atoms with E-state index in [0.717, 1.165) is 46.0 Å². The molecule has 0 radical (unpaired) electrons. The molecule has 3 N–H and O–H groups in total. The van der Waals surface area contributed by atoms with Crippen LogP contribution < -0.4 is 5.32 Å². The van der Waals surface area contributed by atoms with Crippen LogP contribution in [0.15, 0.2) is 73.2 Å². The molecule has 0 fully saturated rings. The van der Waals surface area contributed by atoms with Gasteiger partial charge in [0.1, 0.15) is 17.0 Å². The van der Waals surface area contributed by atoms with Crippen molar-refractivity contribution in [2.75, 3.05) is 5.32 Å². The first-order valence-electron chi connectivity index (χ1n) is 12.4. The Morgan fingerprint density at radius 3 is 2.63 bits per heavy atom. The quantitative estimate of drug-likeness (QED) is 0.229. The zero-order valence-electron chi connectivity index (χ0n) is 20.6. The summed E-state index contributed by atoms with van der Waals surface area (Å²) in [4.78, 5) is 29.2. The van der Waals surface area contributed by atoms with E-state index in [2.05, 4.69) is 37.4 Å². The molecule has 0 aliphatic rings. The summed E-state index contributed by atoms with van der Waals surface area (Å²) in [6.45, 7) is 2.06. The second-order valence-corrected chi connectivity index (χ2v) is 9.09. The Hall–Kier alpha value is -4.92. The van der Waals surface area contributed by atoms with Crippen LogP contribution in [0, 0.1) is 5.82 Å². The van der Waals surface area contributed by atoms with E-state index in [1.807, 2.05) is 30.3 Å². The number of carbonyl (C=O) groups is 1. The molecule has 6 rings (SSSR count). The normalized spacial score (nSPS) is 11.3. The number of amides is 1. The summed E-state index contributed by atoms with van der Waals surface area (Å²) in [5.74, 6) is 0.273. The lowest BCUT2D eigenvalue weighted by molar-refractivity contribution is -0.116. The Morgan fingerprint density at radius 2 is 1.79 bits per heavy atom. The molecule has 0 unspecified atom stereocenters. The van der Waals surface area contributed by atoms with Gasteiger partial charge in [-0.1, -0.05) is 19.4 Å². The van der Waals surface area contributed by atoms with E-state index in [-0.39, 0.29) is 11.7 Å². The van der Waals surface area contributed by atoms with Gasteiger partial charge in [0.15, 0.2) is 5.82 Å². The molecule has 188 valence electrons. The van der Waals surface area contributed by atoms with Crippen molar-refractivity contribution >= 4 is 33.5 Å². The van der Waals surface area contributed by atoms with Crippen LogP contribution in [0.4, 0.5) is 10.1 Å². The molecule has 4 aromatic heterocycles. The monoisotopic (exact) mass is 505 g/mol. The lowest BCUT2D eigenvalue weighted by atomic mass is 10.0. The number of pyridine rings is 2. The van der Waals surface area contributed by atoms with Gasteiger partial charge in [-0.2, -0.15) is 5.10 Å². The number of nitrogens with one attached hydrogen (secondary N) is 3. The maximum atomic E-state index is 13.5. The number of fused-ring (bicyclic) bond motifs is 2. The number of aromatic nitrogens is 6. The number of benzene rings is 2. The molecule has 8 nitrogen and oxygen atoms in total. The first-order chi connectivity index (χ1) is 18.6. The highest BCUT2D eigenvalue weighted by Gasteiger charge is 2.17. The number of aromatic amines is 2. The van der Waals surface area contributed by atoms with Crippen LogP contribution in [-0.2, 0) is 4.79 Å². The van der Waals surface area contributed by atoms with Crippen molar-refractivity contribution in [3.05, 3.63) is 79.0 Å². The van der Waals surface area contributed by atoms with E-state index < -0.39 is 0 Å². The van der Waals surface area contributed by atoms with Crippen molar-refractivity contribution in [2.24, 2.45) is 0 Å². The molecular weight excluding hydrogens is 481 g/mol. The largest absolute Gasteiger partial charge is 0.336 e. The van der Waals surface area contributed by atoms with E-state index in [0.29, 0.717) is 34.8 Å². The summed E-state index contributed by atoms with van der Waals surface area (Å²) in [5.41, 5.74) is 6.91. The average molecular weight is 506 g/mol. The van der Waals surface area contributed by atoms with Crippen molar-refractivity contribution in [3.8, 4) is 33.9 Å². The van der Waals surface area contributed by atoms with Gasteiger partial charge >= 0.3 is 0 Å². The molecule has 38 heavy (non-hydrogen) atoms. The third kappa shape index (κ3) is 4.50. The van der Waals surface area contributed by atoms with Crippen molar-refractivity contribution in [1.82, 2.24) is 30.1 Å². The topological polar surface area (TPSA) is 112 Å². The molecule has 1 amide bonds. The SMILES string of the molecule is CCCCC(=O)Nc1cncc(-c2ccc3[nH]nc(-c4nc5c(-c6ccc(F)cc6)nccc5[nH]4)c3c2)c1. The number of imidazole rings is 1. The molecule has 0 spiro atoms. The number of carbonyl (C=O) groups excluding carboxylic acids is 1. The summed E-state index contributed by atoms with van der Waals surface area (Å²) in [7, 11) is 0. The maximum absolute atomic E-state index is 13.5. The summed E-state index contributed by atoms with van der Waals surface area (Å²) >= 11 is 0. The first kappa shape index (κ1) is 23.5. The fourth-order valence-electron chi connectivity index (χ4n) is 4.47. The van der Waals surface area contributed by atoms with Gasteiger partial charge in [-0.25, -0.2) is 9.37 Å². The molecule has 0 aliphatic carbocycles. The smallest absolute Gasteiger partial charge is 0.224 e. The maximum Gasteiger partial charge on any atom is 0.224 e. The standard InChI is InChI=1S/C29H24FN7O/c1-2-3-4-25(38)33-21-13-19(15-31-16-21)18-7-10-23-22(14-18)27(37-36-23)29-34-24-11-12-32-26(28(24)35-29)17-5-8-20(30)9-6-17/h5-16H,2-4H2,1H3,(H,33,38)(H,34,35)(H,36,37). The molecule has 0 saturated heterocycles. The van der Waals surface area contributed by atoms with Gasteiger partial charge in [0.25, 0.3) is 0 Å². The highest BCUT2D eigenvalue weighted by Crippen LogP contribution is 2.32. The van der Waals surface area contributed by atoms with Gasteiger partial charge in [-0.3, -0.25) is 19.9 Å². The lowest BCUT2D eigenvalue weighted by Crippen LogP contribution is -2.11. The summed E-state index contributed by atoms with van der Waals surface area (Å²) in [5, 5.41) is 11.4. The first-order valence-corrected chi connectivity index (χ1v) is 12.4. The molecule has 4 heterocycles. The summed E-state index contributed by atoms with van der Waals surface area (Å²) in [6.07, 6.45) is 7.42.